The van der Waals surface area contributed by atoms with E-state index in [0.29, 0.717) is 5.92 Å². The molecule has 4 aliphatic rings. The molecule has 176 valence electrons. The Morgan fingerprint density at radius 3 is 2.53 bits per heavy atom. The normalized spacial score (nSPS) is 25.8. The quantitative estimate of drug-likeness (QED) is 0.280. The molecule has 4 aromatic rings. The van der Waals surface area contributed by atoms with Crippen LogP contribution in [0.4, 0.5) is 0 Å². The third kappa shape index (κ3) is 2.73. The predicted octanol–water partition coefficient (Wildman–Crippen LogP) is 8.46. The largest absolute Gasteiger partial charge is 0.334 e. The van der Waals surface area contributed by atoms with Crippen molar-refractivity contribution in [2.24, 2.45) is 5.92 Å². The Labute approximate surface area is 212 Å². The molecule has 0 amide bonds. The van der Waals surface area contributed by atoms with Crippen LogP contribution in [-0.4, -0.2) is 9.13 Å². The van der Waals surface area contributed by atoms with Gasteiger partial charge in [-0.25, -0.2) is 0 Å². The Hall–Kier alpha value is -3.78. The highest BCUT2D eigenvalue weighted by Gasteiger charge is 2.45. The monoisotopic (exact) mass is 466 g/mol. The van der Waals surface area contributed by atoms with Crippen LogP contribution in [0.5, 0.6) is 0 Å². The second-order valence-electron chi connectivity index (χ2n) is 11.3. The van der Waals surface area contributed by atoms with Crippen LogP contribution in [0.1, 0.15) is 55.1 Å². The molecule has 1 fully saturated rings. The molecule has 2 heterocycles. The minimum absolute atomic E-state index is 0.131. The second kappa shape index (κ2) is 7.13. The maximum atomic E-state index is 2.71. The molecule has 0 radical (unpaired) electrons. The minimum Gasteiger partial charge on any atom is -0.334 e. The van der Waals surface area contributed by atoms with E-state index >= 15 is 0 Å². The third-order valence-corrected chi connectivity index (χ3v) is 8.76. The van der Waals surface area contributed by atoms with E-state index in [4.69, 9.17) is 0 Å². The number of nitrogens with zero attached hydrogens (tertiary/aromatic N) is 2. The molecule has 8 rings (SSSR count). The maximum absolute atomic E-state index is 2.71. The van der Waals surface area contributed by atoms with Crippen LogP contribution in [0.25, 0.3) is 39.7 Å². The highest BCUT2D eigenvalue weighted by atomic mass is 15.1. The molecule has 0 aliphatic heterocycles. The second-order valence-corrected chi connectivity index (χ2v) is 11.3. The number of hydrogen-bond acceptors (Lipinski definition) is 0. The number of rotatable bonds is 2. The zero-order chi connectivity index (χ0) is 24.0. The van der Waals surface area contributed by atoms with Crippen molar-refractivity contribution in [2.75, 3.05) is 0 Å². The van der Waals surface area contributed by atoms with Crippen molar-refractivity contribution in [3.8, 4) is 0 Å². The van der Waals surface area contributed by atoms with Gasteiger partial charge in [0.05, 0.1) is 11.1 Å². The predicted molar refractivity (Wildman–Crippen MR) is 152 cm³/mol. The number of allylic oxidation sites excluding steroid dienone is 8. The molecule has 4 aliphatic carbocycles. The summed E-state index contributed by atoms with van der Waals surface area (Å²) >= 11 is 0. The number of fused-ring (bicyclic) bond motifs is 8. The van der Waals surface area contributed by atoms with E-state index in [9.17, 15) is 0 Å². The lowest BCUT2D eigenvalue weighted by Gasteiger charge is -2.37. The molecule has 2 nitrogen and oxygen atoms in total. The third-order valence-electron chi connectivity index (χ3n) is 8.76. The zero-order valence-corrected chi connectivity index (χ0v) is 20.9. The zero-order valence-electron chi connectivity index (χ0n) is 20.9. The van der Waals surface area contributed by atoms with E-state index in [1.165, 1.54) is 56.3 Å². The molecule has 3 atom stereocenters. The van der Waals surface area contributed by atoms with Crippen LogP contribution in [0.2, 0.25) is 0 Å². The molecule has 2 aromatic carbocycles. The first-order valence-electron chi connectivity index (χ1n) is 13.3. The van der Waals surface area contributed by atoms with E-state index in [0.717, 1.165) is 18.8 Å². The molecule has 0 bridgehead atoms. The van der Waals surface area contributed by atoms with Gasteiger partial charge in [0.1, 0.15) is 0 Å². The van der Waals surface area contributed by atoms with Crippen molar-refractivity contribution in [1.29, 1.82) is 0 Å². The molecule has 0 spiro atoms. The van der Waals surface area contributed by atoms with Gasteiger partial charge in [-0.1, -0.05) is 84.5 Å². The van der Waals surface area contributed by atoms with E-state index in [-0.39, 0.29) is 5.54 Å². The number of benzene rings is 2. The highest BCUT2D eigenvalue weighted by molar-refractivity contribution is 5.95. The molecule has 3 unspecified atom stereocenters. The summed E-state index contributed by atoms with van der Waals surface area (Å²) in [5.74, 6) is 1.38. The lowest BCUT2D eigenvalue weighted by molar-refractivity contribution is 0.409. The molecular formula is C34H30N2. The smallest absolute Gasteiger partial charge is 0.0663 e. The number of aromatic nitrogens is 2. The fourth-order valence-corrected chi connectivity index (χ4v) is 7.33. The summed E-state index contributed by atoms with van der Waals surface area (Å²) < 4.78 is 5.28. The topological polar surface area (TPSA) is 9.86 Å². The lowest BCUT2D eigenvalue weighted by atomic mass is 9.86. The first kappa shape index (κ1) is 20.4. The van der Waals surface area contributed by atoms with E-state index in [2.05, 4.69) is 120 Å². The lowest BCUT2D eigenvalue weighted by Crippen LogP contribution is -2.33. The van der Waals surface area contributed by atoms with Crippen LogP contribution >= 0.6 is 0 Å². The summed E-state index contributed by atoms with van der Waals surface area (Å²) in [6.45, 7) is 4.73. The fourth-order valence-electron chi connectivity index (χ4n) is 7.33. The van der Waals surface area contributed by atoms with Gasteiger partial charge in [0.15, 0.2) is 0 Å². The van der Waals surface area contributed by atoms with Gasteiger partial charge < -0.3 is 9.13 Å². The van der Waals surface area contributed by atoms with Gasteiger partial charge in [-0.05, 0) is 44.4 Å². The van der Waals surface area contributed by atoms with Gasteiger partial charge in [0, 0.05) is 63.3 Å². The van der Waals surface area contributed by atoms with Crippen molar-refractivity contribution in [1.82, 2.24) is 9.13 Å². The molecule has 2 aromatic heterocycles. The van der Waals surface area contributed by atoms with Gasteiger partial charge in [0.2, 0.25) is 0 Å². The molecule has 0 N–H and O–H groups in total. The van der Waals surface area contributed by atoms with E-state index in [1.807, 2.05) is 0 Å². The molecule has 36 heavy (non-hydrogen) atoms. The van der Waals surface area contributed by atoms with Gasteiger partial charge >= 0.3 is 0 Å². The fraction of sp³-hybridized carbons (Fsp3) is 0.235. The Morgan fingerprint density at radius 2 is 1.67 bits per heavy atom. The first-order valence-corrected chi connectivity index (χ1v) is 13.3. The SMILES string of the molecule is CC1=CC(C)(n2c3c(c4ccccc42)C=CC2CC32)CC(n2c3c(c4ccccc42)C=CC=CC3)=C1. The van der Waals surface area contributed by atoms with Crippen LogP contribution in [0.3, 0.4) is 0 Å². The maximum Gasteiger partial charge on any atom is 0.0663 e. The average Bonchev–Trinajstić information content (AvgIpc) is 3.57. The van der Waals surface area contributed by atoms with Gasteiger partial charge in [0.25, 0.3) is 0 Å². The van der Waals surface area contributed by atoms with Gasteiger partial charge in [-0.2, -0.15) is 0 Å². The number of hydrogen-bond donors (Lipinski definition) is 0. The summed E-state index contributed by atoms with van der Waals surface area (Å²) in [5.41, 5.74) is 11.1. The summed E-state index contributed by atoms with van der Waals surface area (Å²) in [4.78, 5) is 0. The van der Waals surface area contributed by atoms with Gasteiger partial charge in [-0.3, -0.25) is 0 Å². The first-order chi connectivity index (χ1) is 17.6. The molecular weight excluding hydrogens is 436 g/mol. The van der Waals surface area contributed by atoms with Crippen LogP contribution in [-0.2, 0) is 12.0 Å². The van der Waals surface area contributed by atoms with Gasteiger partial charge in [-0.15, -0.1) is 0 Å². The standard InChI is InChI=1S/C34H30N2/c1-22-18-24(35-30-13-5-3-4-10-25(30)26-11-6-8-14-31(26)35)21-34(2,20-22)36-32-15-9-7-12-27(32)28-17-16-23-19-29(23)33(28)36/h3-12,14-18,20,23,29H,13,19,21H2,1-2H3. The molecule has 2 heteroatoms. The molecule has 1 saturated carbocycles. The van der Waals surface area contributed by atoms with Crippen molar-refractivity contribution in [3.63, 3.8) is 0 Å². The Morgan fingerprint density at radius 1 is 0.889 bits per heavy atom. The minimum atomic E-state index is -0.131. The van der Waals surface area contributed by atoms with Crippen molar-refractivity contribution >= 4 is 39.7 Å². The van der Waals surface area contributed by atoms with Crippen molar-refractivity contribution in [3.05, 3.63) is 113 Å². The summed E-state index contributed by atoms with van der Waals surface area (Å²) in [6, 6.07) is 18.0. The van der Waals surface area contributed by atoms with E-state index < -0.39 is 0 Å². The summed E-state index contributed by atoms with van der Waals surface area (Å²) in [6.07, 6.45) is 21.9. The highest BCUT2D eigenvalue weighted by Crippen LogP contribution is 2.56. The number of para-hydroxylation sites is 2. The van der Waals surface area contributed by atoms with Crippen molar-refractivity contribution in [2.45, 2.75) is 44.6 Å². The molecule has 0 saturated heterocycles. The Kier molecular flexibility index (Phi) is 4.05. The van der Waals surface area contributed by atoms with E-state index in [1.54, 1.807) is 5.69 Å². The Balaban J connectivity index is 1.35. The van der Waals surface area contributed by atoms with Crippen LogP contribution in [0.15, 0.2) is 90.6 Å². The Bertz CT molecular complexity index is 1740. The summed E-state index contributed by atoms with van der Waals surface area (Å²) in [7, 11) is 0. The van der Waals surface area contributed by atoms with Crippen LogP contribution in [0, 0.1) is 5.92 Å². The van der Waals surface area contributed by atoms with Crippen LogP contribution < -0.4 is 0 Å². The van der Waals surface area contributed by atoms with Crippen molar-refractivity contribution < 1.29 is 0 Å². The summed E-state index contributed by atoms with van der Waals surface area (Å²) in [5, 5.41) is 2.74. The average molecular weight is 467 g/mol.